The second kappa shape index (κ2) is 7.67. The molecule has 7 heteroatoms. The predicted molar refractivity (Wildman–Crippen MR) is 111 cm³/mol. The van der Waals surface area contributed by atoms with Crippen LogP contribution in [0.2, 0.25) is 0 Å². The van der Waals surface area contributed by atoms with E-state index < -0.39 is 0 Å². The number of hydrogen-bond acceptors (Lipinski definition) is 6. The molecule has 29 heavy (non-hydrogen) atoms. The number of aromatic nitrogens is 2. The first-order valence-electron chi connectivity index (χ1n) is 10.0. The van der Waals surface area contributed by atoms with Crippen LogP contribution < -0.4 is 9.80 Å². The van der Waals surface area contributed by atoms with Gasteiger partial charge in [-0.15, -0.1) is 0 Å². The highest BCUT2D eigenvalue weighted by atomic mass is 16.5. The Morgan fingerprint density at radius 3 is 2.28 bits per heavy atom. The molecule has 2 saturated heterocycles. The third-order valence-electron chi connectivity index (χ3n) is 5.72. The van der Waals surface area contributed by atoms with Gasteiger partial charge in [0.15, 0.2) is 0 Å². The molecule has 1 unspecified atom stereocenters. The monoisotopic (exact) mass is 389 g/mol. The number of benzene rings is 2. The SMILES string of the molecule is O=C1C(N2CCN(c3noc(-c4ccccc4)n3)CC2)CCN1c1ccccc1. The van der Waals surface area contributed by atoms with Crippen LogP contribution in [0.5, 0.6) is 0 Å². The van der Waals surface area contributed by atoms with Gasteiger partial charge in [-0.05, 0) is 35.8 Å². The van der Waals surface area contributed by atoms with Crippen molar-refractivity contribution in [2.24, 2.45) is 0 Å². The molecule has 0 N–H and O–H groups in total. The quantitative estimate of drug-likeness (QED) is 0.684. The summed E-state index contributed by atoms with van der Waals surface area (Å²) in [5.41, 5.74) is 1.90. The molecular weight excluding hydrogens is 366 g/mol. The van der Waals surface area contributed by atoms with Crippen molar-refractivity contribution in [1.82, 2.24) is 15.0 Å². The van der Waals surface area contributed by atoms with Gasteiger partial charge in [-0.25, -0.2) is 0 Å². The zero-order valence-corrected chi connectivity index (χ0v) is 16.1. The first kappa shape index (κ1) is 17.9. The summed E-state index contributed by atoms with van der Waals surface area (Å²) in [7, 11) is 0. The first-order valence-corrected chi connectivity index (χ1v) is 10.0. The zero-order chi connectivity index (χ0) is 19.6. The van der Waals surface area contributed by atoms with Crippen molar-refractivity contribution >= 4 is 17.5 Å². The highest BCUT2D eigenvalue weighted by Gasteiger charge is 2.38. The Labute approximate surface area is 169 Å². The van der Waals surface area contributed by atoms with Gasteiger partial charge in [-0.3, -0.25) is 9.69 Å². The Bertz CT molecular complexity index is 967. The first-order chi connectivity index (χ1) is 14.3. The molecule has 0 bridgehead atoms. The van der Waals surface area contributed by atoms with Crippen molar-refractivity contribution in [2.45, 2.75) is 12.5 Å². The molecule has 7 nitrogen and oxygen atoms in total. The van der Waals surface area contributed by atoms with Gasteiger partial charge in [-0.2, -0.15) is 4.98 Å². The molecule has 2 aliphatic heterocycles. The summed E-state index contributed by atoms with van der Waals surface area (Å²) in [5, 5.41) is 4.15. The zero-order valence-electron chi connectivity index (χ0n) is 16.1. The maximum absolute atomic E-state index is 12.9. The Kier molecular flexibility index (Phi) is 4.73. The van der Waals surface area contributed by atoms with E-state index >= 15 is 0 Å². The van der Waals surface area contributed by atoms with Crippen molar-refractivity contribution in [3.05, 3.63) is 60.7 Å². The highest BCUT2D eigenvalue weighted by molar-refractivity contribution is 5.99. The fraction of sp³-hybridized carbons (Fsp3) is 0.318. The van der Waals surface area contributed by atoms with Gasteiger partial charge in [0.2, 0.25) is 5.91 Å². The Morgan fingerprint density at radius 2 is 1.55 bits per heavy atom. The lowest BCUT2D eigenvalue weighted by atomic mass is 10.2. The molecular formula is C22H23N5O2. The molecule has 5 rings (SSSR count). The van der Waals surface area contributed by atoms with E-state index in [-0.39, 0.29) is 11.9 Å². The van der Waals surface area contributed by atoms with Crippen molar-refractivity contribution in [3.63, 3.8) is 0 Å². The summed E-state index contributed by atoms with van der Waals surface area (Å²) in [6.45, 7) is 3.97. The smallest absolute Gasteiger partial charge is 0.266 e. The number of rotatable bonds is 4. The summed E-state index contributed by atoms with van der Waals surface area (Å²) in [4.78, 5) is 23.8. The van der Waals surface area contributed by atoms with E-state index in [1.807, 2.05) is 65.6 Å². The summed E-state index contributed by atoms with van der Waals surface area (Å²) in [5.74, 6) is 1.36. The third-order valence-corrected chi connectivity index (χ3v) is 5.72. The average Bonchev–Trinajstić information content (AvgIpc) is 3.42. The van der Waals surface area contributed by atoms with Crippen LogP contribution >= 0.6 is 0 Å². The average molecular weight is 389 g/mol. The number of piperazine rings is 1. The van der Waals surface area contributed by atoms with Gasteiger partial charge in [0.1, 0.15) is 0 Å². The minimum absolute atomic E-state index is 0.0393. The number of carbonyl (C=O) groups excluding carboxylic acids is 1. The van der Waals surface area contributed by atoms with Gasteiger partial charge in [0.05, 0.1) is 6.04 Å². The Balaban J connectivity index is 1.21. The minimum atomic E-state index is -0.0393. The third kappa shape index (κ3) is 3.49. The molecule has 0 saturated carbocycles. The number of hydrogen-bond donors (Lipinski definition) is 0. The molecule has 3 heterocycles. The van der Waals surface area contributed by atoms with Crippen LogP contribution in [0.1, 0.15) is 6.42 Å². The van der Waals surface area contributed by atoms with Crippen LogP contribution in [-0.4, -0.2) is 59.7 Å². The van der Waals surface area contributed by atoms with Crippen LogP contribution in [0.4, 0.5) is 11.6 Å². The number of amides is 1. The van der Waals surface area contributed by atoms with Crippen LogP contribution in [0, 0.1) is 0 Å². The molecule has 0 spiro atoms. The van der Waals surface area contributed by atoms with Gasteiger partial charge < -0.3 is 14.3 Å². The molecule has 2 aromatic carbocycles. The van der Waals surface area contributed by atoms with E-state index in [1.54, 1.807) is 0 Å². The standard InChI is InChI=1S/C22H23N5O2/c28-21-19(11-12-27(21)18-9-5-2-6-10-18)25-13-15-26(16-14-25)22-23-20(29-24-22)17-7-3-1-4-8-17/h1-10,19H,11-16H2. The van der Waals surface area contributed by atoms with E-state index in [0.717, 1.165) is 50.4 Å². The number of para-hydroxylation sites is 1. The van der Waals surface area contributed by atoms with Gasteiger partial charge >= 0.3 is 0 Å². The van der Waals surface area contributed by atoms with Crippen LogP contribution in [-0.2, 0) is 4.79 Å². The molecule has 0 aliphatic carbocycles. The minimum Gasteiger partial charge on any atom is -0.336 e. The van der Waals surface area contributed by atoms with E-state index in [9.17, 15) is 4.79 Å². The Hall–Kier alpha value is -3.19. The van der Waals surface area contributed by atoms with E-state index in [4.69, 9.17) is 4.52 Å². The van der Waals surface area contributed by atoms with E-state index in [2.05, 4.69) is 19.9 Å². The topological polar surface area (TPSA) is 65.7 Å². The van der Waals surface area contributed by atoms with Crippen LogP contribution in [0.3, 0.4) is 0 Å². The van der Waals surface area contributed by atoms with Crippen molar-refractivity contribution in [1.29, 1.82) is 0 Å². The lowest BCUT2D eigenvalue weighted by molar-refractivity contribution is -0.121. The Morgan fingerprint density at radius 1 is 0.862 bits per heavy atom. The summed E-state index contributed by atoms with van der Waals surface area (Å²) in [6.07, 6.45) is 0.869. The van der Waals surface area contributed by atoms with Gasteiger partial charge in [0.25, 0.3) is 11.8 Å². The van der Waals surface area contributed by atoms with Crippen molar-refractivity contribution in [3.8, 4) is 11.5 Å². The molecule has 3 aromatic rings. The van der Waals surface area contributed by atoms with Gasteiger partial charge in [-0.1, -0.05) is 36.4 Å². The van der Waals surface area contributed by atoms with E-state index in [0.29, 0.717) is 11.8 Å². The van der Waals surface area contributed by atoms with E-state index in [1.165, 1.54) is 0 Å². The fourth-order valence-electron chi connectivity index (χ4n) is 4.14. The summed E-state index contributed by atoms with van der Waals surface area (Å²) in [6, 6.07) is 19.7. The van der Waals surface area contributed by atoms with Crippen LogP contribution in [0.25, 0.3) is 11.5 Å². The highest BCUT2D eigenvalue weighted by Crippen LogP contribution is 2.26. The number of nitrogens with zero attached hydrogens (tertiary/aromatic N) is 5. The molecule has 1 atom stereocenters. The lowest BCUT2D eigenvalue weighted by Gasteiger charge is -2.36. The molecule has 2 fully saturated rings. The normalized spacial score (nSPS) is 20.4. The second-order valence-electron chi connectivity index (χ2n) is 7.42. The molecule has 0 radical (unpaired) electrons. The largest absolute Gasteiger partial charge is 0.336 e. The van der Waals surface area contributed by atoms with Gasteiger partial charge in [0, 0.05) is 44.0 Å². The fourth-order valence-corrected chi connectivity index (χ4v) is 4.14. The second-order valence-corrected chi connectivity index (χ2v) is 7.42. The molecule has 2 aliphatic rings. The molecule has 1 amide bonds. The summed E-state index contributed by atoms with van der Waals surface area (Å²) >= 11 is 0. The van der Waals surface area contributed by atoms with Crippen molar-refractivity contribution in [2.75, 3.05) is 42.5 Å². The molecule has 148 valence electrons. The number of anilines is 2. The van der Waals surface area contributed by atoms with Crippen LogP contribution in [0.15, 0.2) is 65.2 Å². The maximum atomic E-state index is 12.9. The molecule has 1 aromatic heterocycles. The summed E-state index contributed by atoms with van der Waals surface area (Å²) < 4.78 is 5.43. The predicted octanol–water partition coefficient (Wildman–Crippen LogP) is 2.66. The number of carbonyl (C=O) groups is 1. The van der Waals surface area contributed by atoms with Crippen molar-refractivity contribution < 1.29 is 9.32 Å². The maximum Gasteiger partial charge on any atom is 0.266 e. The lowest BCUT2D eigenvalue weighted by Crippen LogP contribution is -2.52.